The Labute approximate surface area is 210 Å². The van der Waals surface area contributed by atoms with Crippen LogP contribution in [0.5, 0.6) is 0 Å². The van der Waals surface area contributed by atoms with Crippen molar-refractivity contribution >= 4 is 21.6 Å². The van der Waals surface area contributed by atoms with Crippen LogP contribution in [0.1, 0.15) is 28.0 Å². The lowest BCUT2D eigenvalue weighted by atomic mass is 9.91. The van der Waals surface area contributed by atoms with Gasteiger partial charge in [0.2, 0.25) is 10.0 Å². The molecule has 3 aromatic rings. The maximum atomic E-state index is 13.7. The Bertz CT molecular complexity index is 1500. The molecule has 1 fully saturated rings. The smallest absolute Gasteiger partial charge is 0.378 e. The van der Waals surface area contributed by atoms with Crippen LogP contribution in [0.15, 0.2) is 41.8 Å². The van der Waals surface area contributed by atoms with Crippen LogP contribution < -0.4 is 4.90 Å². The third kappa shape index (κ3) is 4.18. The van der Waals surface area contributed by atoms with Crippen molar-refractivity contribution in [2.24, 2.45) is 0 Å². The fourth-order valence-electron chi connectivity index (χ4n) is 4.77. The minimum absolute atomic E-state index is 0.0105. The second-order valence-corrected chi connectivity index (χ2v) is 11.4. The Hall–Kier alpha value is -3.36. The number of fused-ring (bicyclic) bond motifs is 2. The van der Waals surface area contributed by atoms with Crippen LogP contribution in [0.4, 0.5) is 18.9 Å². The number of nitrogens with zero attached hydrogens (tertiary/aromatic N) is 6. The molecule has 1 atom stereocenters. The molecule has 2 aliphatic rings. The molecule has 1 saturated heterocycles. The number of carbonyl (C=O) groups excluding carboxylic acids is 1. The summed E-state index contributed by atoms with van der Waals surface area (Å²) in [6, 6.07) is 3.13. The number of ether oxygens (including phenoxy) is 1. The van der Waals surface area contributed by atoms with Gasteiger partial charge in [-0.3, -0.25) is 19.4 Å². The maximum absolute atomic E-state index is 13.7. The van der Waals surface area contributed by atoms with E-state index in [2.05, 4.69) is 10.1 Å². The highest BCUT2D eigenvalue weighted by Crippen LogP contribution is 2.48. The highest BCUT2D eigenvalue weighted by atomic mass is 32.2. The molecule has 3 aromatic heterocycles. The summed E-state index contributed by atoms with van der Waals surface area (Å²) in [5.41, 5.74) is 1.36. The van der Waals surface area contributed by atoms with E-state index >= 15 is 0 Å². The molecule has 1 amide bonds. The van der Waals surface area contributed by atoms with Crippen molar-refractivity contribution in [2.45, 2.75) is 36.5 Å². The molecule has 0 aromatic carbocycles. The van der Waals surface area contributed by atoms with Crippen molar-refractivity contribution in [1.29, 1.82) is 0 Å². The van der Waals surface area contributed by atoms with E-state index in [-0.39, 0.29) is 17.2 Å². The number of aryl methyl sites for hydroxylation is 1. The van der Waals surface area contributed by atoms with Gasteiger partial charge in [0, 0.05) is 51.3 Å². The number of hydrogen-bond donors (Lipinski definition) is 0. The number of sulfonamides is 1. The number of anilines is 1. The normalized spacial score (nSPS) is 19.9. The van der Waals surface area contributed by atoms with Gasteiger partial charge in [0.15, 0.2) is 0 Å². The van der Waals surface area contributed by atoms with Crippen LogP contribution in [0.3, 0.4) is 0 Å². The van der Waals surface area contributed by atoms with E-state index in [0.29, 0.717) is 41.1 Å². The van der Waals surface area contributed by atoms with Gasteiger partial charge in [-0.25, -0.2) is 17.7 Å². The van der Waals surface area contributed by atoms with Gasteiger partial charge in [0.05, 0.1) is 35.4 Å². The fraction of sp³-hybridized carbons (Fsp3) is 0.391. The van der Waals surface area contributed by atoms with Crippen LogP contribution in [0, 0.1) is 6.92 Å². The average molecular weight is 537 g/mol. The molecule has 14 heteroatoms. The standard InChI is InChI=1S/C23H23F3N6O4S/c1-14-6-18(15-7-17(10-27-8-15)37(34,35)30(2)3)29-20-19(14)21(33)32(22(20)4-5-36-13-22)16-9-28-31(11-16)12-23(24,25)26/h6-11H,4-5,12-13H2,1-3H3. The van der Waals surface area contributed by atoms with Crippen molar-refractivity contribution < 1.29 is 31.1 Å². The first kappa shape index (κ1) is 25.3. The van der Waals surface area contributed by atoms with Gasteiger partial charge in [-0.05, 0) is 24.6 Å². The lowest BCUT2D eigenvalue weighted by Gasteiger charge is -2.32. The number of halogens is 3. The third-order valence-electron chi connectivity index (χ3n) is 6.51. The summed E-state index contributed by atoms with van der Waals surface area (Å²) in [6.07, 6.45) is 1.05. The van der Waals surface area contributed by atoms with Crippen LogP contribution in [-0.2, 0) is 26.8 Å². The van der Waals surface area contributed by atoms with Crippen molar-refractivity contribution in [3.8, 4) is 11.3 Å². The molecule has 0 bridgehead atoms. The summed E-state index contributed by atoms with van der Waals surface area (Å²) in [4.78, 5) is 23.9. The van der Waals surface area contributed by atoms with Crippen molar-refractivity contribution in [3.63, 3.8) is 0 Å². The van der Waals surface area contributed by atoms with Crippen molar-refractivity contribution in [2.75, 3.05) is 32.2 Å². The molecule has 0 N–H and O–H groups in total. The van der Waals surface area contributed by atoms with Crippen LogP contribution in [0.25, 0.3) is 11.3 Å². The average Bonchev–Trinajstić information content (AvgIpc) is 3.53. The first-order valence-corrected chi connectivity index (χ1v) is 12.7. The van der Waals surface area contributed by atoms with E-state index in [9.17, 15) is 26.4 Å². The van der Waals surface area contributed by atoms with E-state index in [4.69, 9.17) is 9.72 Å². The summed E-state index contributed by atoms with van der Waals surface area (Å²) in [5.74, 6) is -0.411. The fourth-order valence-corrected chi connectivity index (χ4v) is 5.66. The minimum atomic E-state index is -4.47. The highest BCUT2D eigenvalue weighted by Gasteiger charge is 2.55. The van der Waals surface area contributed by atoms with Crippen LogP contribution in [0.2, 0.25) is 0 Å². The molecule has 196 valence electrons. The zero-order chi connectivity index (χ0) is 26.8. The van der Waals surface area contributed by atoms with Gasteiger partial charge in [-0.15, -0.1) is 0 Å². The van der Waals surface area contributed by atoms with Crippen molar-refractivity contribution in [3.05, 3.63) is 53.7 Å². The molecular weight excluding hydrogens is 513 g/mol. The quantitative estimate of drug-likeness (QED) is 0.493. The van der Waals surface area contributed by atoms with E-state index in [1.807, 2.05) is 0 Å². The summed E-state index contributed by atoms with van der Waals surface area (Å²) in [7, 11) is -0.909. The Morgan fingerprint density at radius 1 is 1.19 bits per heavy atom. The van der Waals surface area contributed by atoms with Crippen molar-refractivity contribution in [1.82, 2.24) is 24.1 Å². The lowest BCUT2D eigenvalue weighted by Crippen LogP contribution is -2.45. The number of hydrogen-bond acceptors (Lipinski definition) is 7. The van der Waals surface area contributed by atoms with Gasteiger partial charge < -0.3 is 4.74 Å². The predicted molar refractivity (Wildman–Crippen MR) is 125 cm³/mol. The summed E-state index contributed by atoms with van der Waals surface area (Å²) in [6.45, 7) is 0.865. The van der Waals surface area contributed by atoms with Gasteiger partial charge in [0.25, 0.3) is 5.91 Å². The summed E-state index contributed by atoms with van der Waals surface area (Å²) in [5, 5.41) is 3.80. The molecule has 37 heavy (non-hydrogen) atoms. The lowest BCUT2D eigenvalue weighted by molar-refractivity contribution is -0.142. The number of carbonyl (C=O) groups is 1. The van der Waals surface area contributed by atoms with Gasteiger partial charge in [-0.1, -0.05) is 0 Å². The molecule has 1 spiro atoms. The molecule has 0 radical (unpaired) electrons. The highest BCUT2D eigenvalue weighted by molar-refractivity contribution is 7.89. The molecule has 5 heterocycles. The monoisotopic (exact) mass is 536 g/mol. The van der Waals surface area contributed by atoms with Crippen LogP contribution >= 0.6 is 0 Å². The van der Waals surface area contributed by atoms with Gasteiger partial charge in [-0.2, -0.15) is 18.3 Å². The third-order valence-corrected chi connectivity index (χ3v) is 8.29. The molecule has 2 aliphatic heterocycles. The topological polar surface area (TPSA) is 111 Å². The maximum Gasteiger partial charge on any atom is 0.408 e. The number of alkyl halides is 3. The molecule has 1 unspecified atom stereocenters. The van der Waals surface area contributed by atoms with E-state index < -0.39 is 34.2 Å². The molecular formula is C23H23F3N6O4S. The zero-order valence-electron chi connectivity index (χ0n) is 20.2. The first-order valence-electron chi connectivity index (χ1n) is 11.2. The van der Waals surface area contributed by atoms with Gasteiger partial charge >= 0.3 is 6.18 Å². The van der Waals surface area contributed by atoms with Gasteiger partial charge in [0.1, 0.15) is 17.0 Å². The van der Waals surface area contributed by atoms with E-state index in [1.165, 1.54) is 49.8 Å². The van der Waals surface area contributed by atoms with E-state index in [0.717, 1.165) is 8.99 Å². The second-order valence-electron chi connectivity index (χ2n) is 9.23. The number of aromatic nitrogens is 4. The number of rotatable bonds is 5. The zero-order valence-corrected chi connectivity index (χ0v) is 21.0. The van der Waals surface area contributed by atoms with Crippen LogP contribution in [-0.4, -0.2) is 71.9 Å². The molecule has 0 aliphatic carbocycles. The minimum Gasteiger partial charge on any atom is -0.378 e. The summed E-state index contributed by atoms with van der Waals surface area (Å²) >= 11 is 0. The van der Waals surface area contributed by atoms with E-state index in [1.54, 1.807) is 13.0 Å². The molecule has 0 saturated carbocycles. The predicted octanol–water partition coefficient (Wildman–Crippen LogP) is 2.74. The first-order chi connectivity index (χ1) is 17.3. The Balaban J connectivity index is 1.62. The number of pyridine rings is 2. The Morgan fingerprint density at radius 2 is 1.95 bits per heavy atom. The Kier molecular flexibility index (Phi) is 5.88. The largest absolute Gasteiger partial charge is 0.408 e. The SMILES string of the molecule is Cc1cc(-c2cncc(S(=O)(=O)N(C)C)c2)nc2c1C(=O)N(c1cnn(CC(F)(F)F)c1)C21CCOC1. The number of amides is 1. The molecule has 10 nitrogen and oxygen atoms in total. The second kappa shape index (κ2) is 8.60. The Morgan fingerprint density at radius 3 is 2.59 bits per heavy atom. The summed E-state index contributed by atoms with van der Waals surface area (Å²) < 4.78 is 71.4. The molecule has 5 rings (SSSR count).